The Balaban J connectivity index is 1.51. The lowest BCUT2D eigenvalue weighted by atomic mass is 10.1. The minimum atomic E-state index is -0.504. The second kappa shape index (κ2) is 5.87. The van der Waals surface area contributed by atoms with Crippen LogP contribution in [-0.4, -0.2) is 19.1 Å². The summed E-state index contributed by atoms with van der Waals surface area (Å²) >= 11 is 0. The fourth-order valence-electron chi connectivity index (χ4n) is 2.49. The van der Waals surface area contributed by atoms with E-state index >= 15 is 0 Å². The first-order chi connectivity index (χ1) is 10.3. The van der Waals surface area contributed by atoms with E-state index in [1.807, 2.05) is 18.3 Å². The molecule has 3 heterocycles. The molecule has 3 aromatic heterocycles. The molecule has 0 aliphatic carbocycles. The Kier molecular flexibility index (Phi) is 3.77. The number of imidazole rings is 1. The highest BCUT2D eigenvalue weighted by molar-refractivity contribution is 5.39. The molecule has 0 radical (unpaired) electrons. The van der Waals surface area contributed by atoms with E-state index in [0.717, 1.165) is 37.6 Å². The predicted octanol–water partition coefficient (Wildman–Crippen LogP) is 2.21. The number of hydrogen-bond donors (Lipinski definition) is 1. The van der Waals surface area contributed by atoms with Gasteiger partial charge in [-0.15, -0.1) is 0 Å². The Morgan fingerprint density at radius 2 is 2.14 bits per heavy atom. The summed E-state index contributed by atoms with van der Waals surface area (Å²) in [6, 6.07) is 6.10. The van der Waals surface area contributed by atoms with Gasteiger partial charge in [0.1, 0.15) is 5.65 Å². The quantitative estimate of drug-likeness (QED) is 0.705. The molecule has 3 rings (SSSR count). The van der Waals surface area contributed by atoms with Gasteiger partial charge in [0.05, 0.1) is 0 Å². The van der Waals surface area contributed by atoms with E-state index in [4.69, 9.17) is 0 Å². The van der Waals surface area contributed by atoms with Gasteiger partial charge < -0.3 is 13.9 Å². The van der Waals surface area contributed by atoms with Crippen molar-refractivity contribution in [2.45, 2.75) is 32.2 Å². The summed E-state index contributed by atoms with van der Waals surface area (Å²) in [7, 11) is 0. The molecule has 0 amide bonds. The highest BCUT2D eigenvalue weighted by Crippen LogP contribution is 2.11. The number of hydrogen-bond acceptors (Lipinski definition) is 4. The van der Waals surface area contributed by atoms with Crippen molar-refractivity contribution in [3.63, 3.8) is 0 Å². The highest BCUT2D eigenvalue weighted by atomic mass is 16.4. The smallest absolute Gasteiger partial charge is 0.421 e. The Bertz CT molecular complexity index is 785. The van der Waals surface area contributed by atoms with Gasteiger partial charge in [-0.25, -0.2) is 14.3 Å². The predicted molar refractivity (Wildman–Crippen MR) is 77.4 cm³/mol. The maximum Gasteiger partial charge on any atom is 0.421 e. The zero-order valence-corrected chi connectivity index (χ0v) is 11.6. The number of aromatic hydroxyl groups is 1. The maximum atomic E-state index is 11.3. The normalized spacial score (nSPS) is 11.2. The first kappa shape index (κ1) is 13.5. The van der Waals surface area contributed by atoms with E-state index in [1.54, 1.807) is 6.20 Å². The molecule has 110 valence electrons. The first-order valence-corrected chi connectivity index (χ1v) is 7.04. The summed E-state index contributed by atoms with van der Waals surface area (Å²) in [5.41, 5.74) is 2.19. The number of fused-ring (bicyclic) bond motifs is 1. The van der Waals surface area contributed by atoms with Gasteiger partial charge in [0.25, 0.3) is 0 Å². The standard InChI is InChI=1S/C15H17N3O3/c19-14-11-21-15(20)18(14)9-3-1-2-5-12-6-4-7-13-16-8-10-17(12)13/h4,6-8,10-11,19H,1-3,5,9H2. The van der Waals surface area contributed by atoms with Gasteiger partial charge in [0, 0.05) is 24.6 Å². The number of nitrogens with zero attached hydrogens (tertiary/aromatic N) is 3. The molecule has 21 heavy (non-hydrogen) atoms. The van der Waals surface area contributed by atoms with Gasteiger partial charge in [-0.2, -0.15) is 0 Å². The van der Waals surface area contributed by atoms with Crippen molar-refractivity contribution in [1.82, 2.24) is 14.0 Å². The van der Waals surface area contributed by atoms with Crippen LogP contribution in [0.3, 0.4) is 0 Å². The van der Waals surface area contributed by atoms with Crippen molar-refractivity contribution in [3.8, 4) is 5.88 Å². The van der Waals surface area contributed by atoms with Crippen molar-refractivity contribution in [2.75, 3.05) is 0 Å². The van der Waals surface area contributed by atoms with Gasteiger partial charge in [0.15, 0.2) is 6.26 Å². The fraction of sp³-hybridized carbons (Fsp3) is 0.333. The van der Waals surface area contributed by atoms with Crippen LogP contribution in [0.4, 0.5) is 0 Å². The molecule has 6 heteroatoms. The Hall–Kier alpha value is -2.50. The van der Waals surface area contributed by atoms with E-state index in [9.17, 15) is 9.90 Å². The molecule has 0 aliphatic rings. The van der Waals surface area contributed by atoms with Crippen LogP contribution in [-0.2, 0) is 13.0 Å². The lowest BCUT2D eigenvalue weighted by Crippen LogP contribution is -2.13. The molecular weight excluding hydrogens is 270 g/mol. The molecule has 0 aromatic carbocycles. The summed E-state index contributed by atoms with van der Waals surface area (Å²) in [6.45, 7) is 0.483. The summed E-state index contributed by atoms with van der Waals surface area (Å²) in [5.74, 6) is -0.612. The van der Waals surface area contributed by atoms with Gasteiger partial charge in [-0.05, 0) is 31.4 Å². The van der Waals surface area contributed by atoms with Gasteiger partial charge in [-0.3, -0.25) is 0 Å². The first-order valence-electron chi connectivity index (χ1n) is 7.04. The monoisotopic (exact) mass is 287 g/mol. The van der Waals surface area contributed by atoms with Crippen LogP contribution < -0.4 is 5.76 Å². The van der Waals surface area contributed by atoms with E-state index in [-0.39, 0.29) is 5.88 Å². The van der Waals surface area contributed by atoms with Crippen molar-refractivity contribution in [1.29, 1.82) is 0 Å². The third-order valence-electron chi connectivity index (χ3n) is 3.59. The van der Waals surface area contributed by atoms with Crippen molar-refractivity contribution >= 4 is 5.65 Å². The minimum Gasteiger partial charge on any atom is -0.492 e. The molecule has 0 atom stereocenters. The van der Waals surface area contributed by atoms with E-state index in [2.05, 4.69) is 19.9 Å². The number of aryl methyl sites for hydroxylation is 1. The van der Waals surface area contributed by atoms with Gasteiger partial charge in [0.2, 0.25) is 5.88 Å². The topological polar surface area (TPSA) is 72.7 Å². The second-order valence-electron chi connectivity index (χ2n) is 4.99. The molecular formula is C15H17N3O3. The molecule has 1 N–H and O–H groups in total. The molecule has 0 fully saturated rings. The van der Waals surface area contributed by atoms with Crippen LogP contribution in [0.2, 0.25) is 0 Å². The summed E-state index contributed by atoms with van der Waals surface area (Å²) in [4.78, 5) is 15.5. The van der Waals surface area contributed by atoms with Gasteiger partial charge in [-0.1, -0.05) is 12.5 Å². The molecule has 0 saturated heterocycles. The average Bonchev–Trinajstić information content (AvgIpc) is 3.08. The molecule has 0 spiro atoms. The number of aromatic nitrogens is 3. The summed E-state index contributed by atoms with van der Waals surface area (Å²) < 4.78 is 7.94. The van der Waals surface area contributed by atoms with Crippen LogP contribution >= 0.6 is 0 Å². The second-order valence-corrected chi connectivity index (χ2v) is 4.99. The SMILES string of the molecule is O=c1occ(O)n1CCCCCc1cccc2nccn12. The molecule has 0 bridgehead atoms. The zero-order chi connectivity index (χ0) is 14.7. The average molecular weight is 287 g/mol. The third kappa shape index (κ3) is 2.84. The zero-order valence-electron chi connectivity index (χ0n) is 11.6. The Morgan fingerprint density at radius 3 is 2.95 bits per heavy atom. The van der Waals surface area contributed by atoms with Crippen LogP contribution in [0.15, 0.2) is 46.1 Å². The fourth-order valence-corrected chi connectivity index (χ4v) is 2.49. The Morgan fingerprint density at radius 1 is 1.24 bits per heavy atom. The Labute approximate surface area is 121 Å². The van der Waals surface area contributed by atoms with Crippen molar-refractivity contribution in [3.05, 3.63) is 53.1 Å². The summed E-state index contributed by atoms with van der Waals surface area (Å²) in [6.07, 6.45) is 8.61. The third-order valence-corrected chi connectivity index (χ3v) is 3.59. The number of unbranched alkanes of at least 4 members (excludes halogenated alkanes) is 2. The lowest BCUT2D eigenvalue weighted by molar-refractivity contribution is 0.405. The molecule has 3 aromatic rings. The van der Waals surface area contributed by atoms with Crippen LogP contribution in [0.5, 0.6) is 5.88 Å². The molecule has 6 nitrogen and oxygen atoms in total. The summed E-state index contributed by atoms with van der Waals surface area (Å²) in [5, 5.41) is 9.42. The number of rotatable bonds is 6. The number of oxazole rings is 1. The van der Waals surface area contributed by atoms with Crippen molar-refractivity contribution in [2.24, 2.45) is 0 Å². The van der Waals surface area contributed by atoms with E-state index < -0.39 is 5.76 Å². The highest BCUT2D eigenvalue weighted by Gasteiger charge is 2.06. The van der Waals surface area contributed by atoms with Gasteiger partial charge >= 0.3 is 5.76 Å². The molecule has 0 aliphatic heterocycles. The largest absolute Gasteiger partial charge is 0.492 e. The van der Waals surface area contributed by atoms with E-state index in [1.165, 1.54) is 10.3 Å². The van der Waals surface area contributed by atoms with E-state index in [0.29, 0.717) is 6.54 Å². The molecule has 0 saturated carbocycles. The molecule has 0 unspecified atom stereocenters. The van der Waals surface area contributed by atoms with Crippen LogP contribution in [0.1, 0.15) is 25.0 Å². The van der Waals surface area contributed by atoms with Crippen LogP contribution in [0.25, 0.3) is 5.65 Å². The maximum absolute atomic E-state index is 11.3. The number of pyridine rings is 1. The van der Waals surface area contributed by atoms with Crippen LogP contribution in [0, 0.1) is 0 Å². The lowest BCUT2D eigenvalue weighted by Gasteiger charge is -2.05. The minimum absolute atomic E-state index is 0.108. The van der Waals surface area contributed by atoms with Crippen molar-refractivity contribution < 1.29 is 9.52 Å².